The fourth-order valence-electron chi connectivity index (χ4n) is 2.71. The number of hydrogen-bond acceptors (Lipinski definition) is 4. The molecule has 0 radical (unpaired) electrons. The summed E-state index contributed by atoms with van der Waals surface area (Å²) in [6.45, 7) is 4.22. The molecule has 0 bridgehead atoms. The van der Waals surface area contributed by atoms with E-state index in [1.54, 1.807) is 4.68 Å². The van der Waals surface area contributed by atoms with E-state index in [1.165, 1.54) is 0 Å². The van der Waals surface area contributed by atoms with Gasteiger partial charge < -0.3 is 5.73 Å². The van der Waals surface area contributed by atoms with Gasteiger partial charge in [0.2, 0.25) is 0 Å². The molecule has 1 saturated heterocycles. The third-order valence-electron chi connectivity index (χ3n) is 3.81. The van der Waals surface area contributed by atoms with Gasteiger partial charge in [-0.3, -0.25) is 0 Å². The molecule has 0 spiro atoms. The van der Waals surface area contributed by atoms with Gasteiger partial charge in [-0.1, -0.05) is 20.3 Å². The van der Waals surface area contributed by atoms with Crippen molar-refractivity contribution >= 4 is 15.7 Å². The molecule has 1 atom stereocenters. The molecule has 1 aliphatic heterocycles. The normalized spacial score (nSPS) is 21.9. The minimum Gasteiger partial charge on any atom is -0.384 e. The average Bonchev–Trinajstić information content (AvgIpc) is 2.86. The zero-order valence-corrected chi connectivity index (χ0v) is 12.5. The Balaban J connectivity index is 2.29. The topological polar surface area (TPSA) is 78.0 Å². The first-order chi connectivity index (χ1) is 8.98. The van der Waals surface area contributed by atoms with Gasteiger partial charge in [-0.05, 0) is 25.7 Å². The van der Waals surface area contributed by atoms with Crippen LogP contribution < -0.4 is 5.73 Å². The number of hydrogen-bond donors (Lipinski definition) is 1. The van der Waals surface area contributed by atoms with Crippen LogP contribution in [0.15, 0.2) is 0 Å². The standard InChI is InChI=1S/C13H23N3O2S/c1-3-5-6-12-11(4-2)13(14)16(15-12)10-7-8-19(17,18)9-10/h10H,3-9,14H2,1-2H3. The maximum absolute atomic E-state index is 11.6. The highest BCUT2D eigenvalue weighted by molar-refractivity contribution is 7.91. The summed E-state index contributed by atoms with van der Waals surface area (Å²) in [6.07, 6.45) is 4.62. The predicted octanol–water partition coefficient (Wildman–Crippen LogP) is 1.73. The van der Waals surface area contributed by atoms with Crippen molar-refractivity contribution in [2.45, 2.75) is 52.0 Å². The number of aryl methyl sites for hydroxylation is 1. The lowest BCUT2D eigenvalue weighted by Gasteiger charge is -2.10. The monoisotopic (exact) mass is 285 g/mol. The second kappa shape index (κ2) is 5.53. The Bertz CT molecular complexity index is 548. The number of rotatable bonds is 5. The van der Waals surface area contributed by atoms with Crippen molar-refractivity contribution in [3.05, 3.63) is 11.3 Å². The molecule has 0 saturated carbocycles. The summed E-state index contributed by atoms with van der Waals surface area (Å²) in [5.74, 6) is 1.09. The smallest absolute Gasteiger partial charge is 0.152 e. The number of aromatic nitrogens is 2. The van der Waals surface area contributed by atoms with Crippen molar-refractivity contribution in [3.8, 4) is 0 Å². The van der Waals surface area contributed by atoms with E-state index in [-0.39, 0.29) is 17.5 Å². The average molecular weight is 285 g/mol. The van der Waals surface area contributed by atoms with Gasteiger partial charge in [0.15, 0.2) is 9.84 Å². The molecule has 1 aliphatic rings. The Labute approximate surface area is 115 Å². The molecule has 0 aromatic carbocycles. The third kappa shape index (κ3) is 2.94. The SMILES string of the molecule is CCCCc1nn(C2CCS(=O)(=O)C2)c(N)c1CC. The summed E-state index contributed by atoms with van der Waals surface area (Å²) in [4.78, 5) is 0. The summed E-state index contributed by atoms with van der Waals surface area (Å²) in [7, 11) is -2.90. The van der Waals surface area contributed by atoms with Crippen LogP contribution in [0.25, 0.3) is 0 Å². The lowest BCUT2D eigenvalue weighted by Crippen LogP contribution is -2.15. The van der Waals surface area contributed by atoms with Crippen molar-refractivity contribution in [2.24, 2.45) is 0 Å². The Morgan fingerprint density at radius 2 is 2.16 bits per heavy atom. The Morgan fingerprint density at radius 1 is 1.42 bits per heavy atom. The first-order valence-corrected chi connectivity index (χ1v) is 8.86. The minimum atomic E-state index is -2.90. The summed E-state index contributed by atoms with van der Waals surface area (Å²) in [6, 6.07) is -0.0781. The Kier molecular flexibility index (Phi) is 4.18. The molecule has 2 rings (SSSR count). The highest BCUT2D eigenvalue weighted by Crippen LogP contribution is 2.29. The van der Waals surface area contributed by atoms with E-state index in [4.69, 9.17) is 5.73 Å². The van der Waals surface area contributed by atoms with E-state index < -0.39 is 9.84 Å². The van der Waals surface area contributed by atoms with Gasteiger partial charge in [-0.2, -0.15) is 5.10 Å². The molecule has 1 aromatic rings. The predicted molar refractivity (Wildman–Crippen MR) is 76.9 cm³/mol. The van der Waals surface area contributed by atoms with Crippen LogP contribution in [0.3, 0.4) is 0 Å². The second-order valence-electron chi connectivity index (χ2n) is 5.27. The zero-order valence-electron chi connectivity index (χ0n) is 11.7. The van der Waals surface area contributed by atoms with Crippen LogP contribution in [-0.2, 0) is 22.7 Å². The van der Waals surface area contributed by atoms with E-state index in [0.717, 1.165) is 36.9 Å². The van der Waals surface area contributed by atoms with Gasteiger partial charge >= 0.3 is 0 Å². The molecule has 0 amide bonds. The molecular formula is C13H23N3O2S. The maximum atomic E-state index is 11.6. The van der Waals surface area contributed by atoms with E-state index in [1.807, 2.05) is 0 Å². The molecule has 0 aliphatic carbocycles. The first-order valence-electron chi connectivity index (χ1n) is 7.04. The molecule has 2 heterocycles. The van der Waals surface area contributed by atoms with Gasteiger partial charge in [0, 0.05) is 5.56 Å². The van der Waals surface area contributed by atoms with Crippen molar-refractivity contribution in [2.75, 3.05) is 17.2 Å². The van der Waals surface area contributed by atoms with E-state index in [9.17, 15) is 8.42 Å². The van der Waals surface area contributed by atoms with Crippen LogP contribution in [0, 0.1) is 0 Å². The van der Waals surface area contributed by atoms with E-state index in [2.05, 4.69) is 18.9 Å². The van der Waals surface area contributed by atoms with Crippen LogP contribution in [0.1, 0.15) is 50.4 Å². The largest absolute Gasteiger partial charge is 0.384 e. The summed E-state index contributed by atoms with van der Waals surface area (Å²) >= 11 is 0. The van der Waals surface area contributed by atoms with Crippen LogP contribution in [0.2, 0.25) is 0 Å². The fourth-order valence-corrected chi connectivity index (χ4v) is 4.40. The van der Waals surface area contributed by atoms with Crippen molar-refractivity contribution < 1.29 is 8.42 Å². The molecule has 1 aromatic heterocycles. The Morgan fingerprint density at radius 3 is 2.68 bits per heavy atom. The van der Waals surface area contributed by atoms with Crippen LogP contribution in [0.5, 0.6) is 0 Å². The van der Waals surface area contributed by atoms with Crippen LogP contribution in [-0.4, -0.2) is 29.7 Å². The third-order valence-corrected chi connectivity index (χ3v) is 5.56. The highest BCUT2D eigenvalue weighted by Gasteiger charge is 2.31. The molecule has 2 N–H and O–H groups in total. The molecule has 1 unspecified atom stereocenters. The van der Waals surface area contributed by atoms with Gasteiger partial charge in [0.05, 0.1) is 23.2 Å². The number of nitrogen functional groups attached to an aromatic ring is 1. The minimum absolute atomic E-state index is 0.0781. The highest BCUT2D eigenvalue weighted by atomic mass is 32.2. The number of unbranched alkanes of at least 4 members (excludes halogenated alkanes) is 1. The van der Waals surface area contributed by atoms with E-state index in [0.29, 0.717) is 12.2 Å². The van der Waals surface area contributed by atoms with E-state index >= 15 is 0 Å². The molecule has 1 fully saturated rings. The molecule has 5 nitrogen and oxygen atoms in total. The lowest BCUT2D eigenvalue weighted by molar-refractivity contribution is 0.500. The van der Waals surface area contributed by atoms with Crippen molar-refractivity contribution in [1.82, 2.24) is 9.78 Å². The lowest BCUT2D eigenvalue weighted by atomic mass is 10.1. The summed E-state index contributed by atoms with van der Waals surface area (Å²) in [5.41, 5.74) is 8.30. The maximum Gasteiger partial charge on any atom is 0.152 e. The number of anilines is 1. The summed E-state index contributed by atoms with van der Waals surface area (Å²) in [5, 5.41) is 4.59. The summed E-state index contributed by atoms with van der Waals surface area (Å²) < 4.78 is 24.9. The zero-order chi connectivity index (χ0) is 14.0. The van der Waals surface area contributed by atoms with Gasteiger partial charge in [0.1, 0.15) is 5.82 Å². The quantitative estimate of drug-likeness (QED) is 0.893. The fraction of sp³-hybridized carbons (Fsp3) is 0.769. The number of nitrogens with two attached hydrogens (primary N) is 1. The van der Waals surface area contributed by atoms with Crippen LogP contribution >= 0.6 is 0 Å². The van der Waals surface area contributed by atoms with Gasteiger partial charge in [-0.25, -0.2) is 13.1 Å². The van der Waals surface area contributed by atoms with Gasteiger partial charge in [0.25, 0.3) is 0 Å². The Hall–Kier alpha value is -1.04. The number of sulfone groups is 1. The van der Waals surface area contributed by atoms with Crippen molar-refractivity contribution in [3.63, 3.8) is 0 Å². The number of nitrogens with zero attached hydrogens (tertiary/aromatic N) is 2. The van der Waals surface area contributed by atoms with Crippen molar-refractivity contribution in [1.29, 1.82) is 0 Å². The molecule has 6 heteroatoms. The first kappa shape index (κ1) is 14.4. The molecule has 108 valence electrons. The van der Waals surface area contributed by atoms with Gasteiger partial charge in [-0.15, -0.1) is 0 Å². The second-order valence-corrected chi connectivity index (χ2v) is 7.50. The molecule has 19 heavy (non-hydrogen) atoms. The van der Waals surface area contributed by atoms with Crippen LogP contribution in [0.4, 0.5) is 5.82 Å². The molecular weight excluding hydrogens is 262 g/mol.